The number of carbonyl (C=O) groups excluding carboxylic acids is 1. The summed E-state index contributed by atoms with van der Waals surface area (Å²) in [6.07, 6.45) is 4.49. The lowest BCUT2D eigenvalue weighted by Crippen LogP contribution is -2.45. The molecule has 0 aromatic carbocycles. The molecule has 3 rings (SSSR count). The van der Waals surface area contributed by atoms with Gasteiger partial charge in [0.1, 0.15) is 0 Å². The fraction of sp³-hybridized carbons (Fsp3) is 0.600. The molecule has 3 atom stereocenters. The van der Waals surface area contributed by atoms with Crippen molar-refractivity contribution in [2.75, 3.05) is 19.6 Å². The number of hydrogen-bond donors (Lipinski definition) is 1. The molecule has 1 aromatic heterocycles. The van der Waals surface area contributed by atoms with E-state index in [1.165, 1.54) is 17.6 Å². The van der Waals surface area contributed by atoms with Gasteiger partial charge in [-0.25, -0.2) is 4.79 Å². The van der Waals surface area contributed by atoms with Crippen LogP contribution in [0.5, 0.6) is 0 Å². The van der Waals surface area contributed by atoms with Gasteiger partial charge in [0.2, 0.25) is 0 Å². The molecule has 1 N–H and O–H groups in total. The molecular formula is C10H13BrN4O. The molecule has 2 bridgehead atoms. The second-order valence-electron chi connectivity index (χ2n) is 4.47. The van der Waals surface area contributed by atoms with E-state index in [2.05, 4.69) is 31.2 Å². The normalized spacial score (nSPS) is 31.9. The van der Waals surface area contributed by atoms with Gasteiger partial charge in [0.15, 0.2) is 0 Å². The van der Waals surface area contributed by atoms with E-state index >= 15 is 0 Å². The van der Waals surface area contributed by atoms with E-state index in [1.807, 2.05) is 0 Å². The maximum absolute atomic E-state index is 11.8. The fourth-order valence-corrected chi connectivity index (χ4v) is 2.87. The predicted molar refractivity (Wildman–Crippen MR) is 62.2 cm³/mol. The summed E-state index contributed by atoms with van der Waals surface area (Å²) >= 11 is 3.27. The van der Waals surface area contributed by atoms with Crippen LogP contribution in [-0.2, 0) is 0 Å². The number of carbonyl (C=O) groups is 1. The Kier molecular flexibility index (Phi) is 2.48. The molecule has 2 aliphatic rings. The zero-order valence-corrected chi connectivity index (χ0v) is 10.4. The van der Waals surface area contributed by atoms with Crippen molar-refractivity contribution in [1.29, 1.82) is 0 Å². The Balaban J connectivity index is 1.65. The highest BCUT2D eigenvalue weighted by Gasteiger charge is 2.38. The topological polar surface area (TPSA) is 50.2 Å². The summed E-state index contributed by atoms with van der Waals surface area (Å²) in [6.45, 7) is 3.30. The number of aromatic nitrogens is 2. The zero-order valence-electron chi connectivity index (χ0n) is 8.77. The van der Waals surface area contributed by atoms with Gasteiger partial charge in [-0.2, -0.15) is 9.78 Å². The number of nitrogens with one attached hydrogen (secondary N) is 1. The lowest BCUT2D eigenvalue weighted by molar-refractivity contribution is 0.228. The van der Waals surface area contributed by atoms with Gasteiger partial charge >= 0.3 is 6.03 Å². The fourth-order valence-electron chi connectivity index (χ4n) is 2.58. The molecule has 86 valence electrons. The number of piperidine rings is 1. The van der Waals surface area contributed by atoms with E-state index in [9.17, 15) is 4.79 Å². The molecule has 2 fully saturated rings. The van der Waals surface area contributed by atoms with E-state index in [0.29, 0.717) is 12.0 Å². The molecule has 0 radical (unpaired) electrons. The Morgan fingerprint density at radius 2 is 2.44 bits per heavy atom. The Bertz CT molecular complexity index is 419. The van der Waals surface area contributed by atoms with Crippen LogP contribution in [0.4, 0.5) is 4.79 Å². The third kappa shape index (κ3) is 1.76. The van der Waals surface area contributed by atoms with Crippen LogP contribution in [0, 0.1) is 5.92 Å². The van der Waals surface area contributed by atoms with Crippen LogP contribution in [-0.4, -0.2) is 46.4 Å². The number of halogens is 1. The van der Waals surface area contributed by atoms with Crippen molar-refractivity contribution >= 4 is 22.0 Å². The molecule has 3 heterocycles. The van der Waals surface area contributed by atoms with Crippen LogP contribution in [0.3, 0.4) is 0 Å². The lowest BCUT2D eigenvalue weighted by Gasteiger charge is -2.22. The second kappa shape index (κ2) is 3.85. The van der Waals surface area contributed by atoms with Gasteiger partial charge in [-0.1, -0.05) is 0 Å². The van der Waals surface area contributed by atoms with E-state index in [0.717, 1.165) is 17.6 Å². The molecule has 5 nitrogen and oxygen atoms in total. The molecule has 1 aromatic rings. The van der Waals surface area contributed by atoms with Crippen LogP contribution in [0.15, 0.2) is 16.9 Å². The van der Waals surface area contributed by atoms with Gasteiger partial charge in [-0.05, 0) is 34.8 Å². The Morgan fingerprint density at radius 1 is 1.56 bits per heavy atom. The summed E-state index contributed by atoms with van der Waals surface area (Å²) in [7, 11) is 0. The highest BCUT2D eigenvalue weighted by Crippen LogP contribution is 2.27. The SMILES string of the molecule is O=C(NC1CN2CC[C@H]1C2)n1cc(Br)cn1. The first-order valence-corrected chi connectivity index (χ1v) is 6.25. The third-order valence-electron chi connectivity index (χ3n) is 3.40. The van der Waals surface area contributed by atoms with Gasteiger partial charge in [0.05, 0.1) is 10.7 Å². The van der Waals surface area contributed by atoms with Gasteiger partial charge in [0.25, 0.3) is 0 Å². The number of fused-ring (bicyclic) bond motifs is 2. The summed E-state index contributed by atoms with van der Waals surface area (Å²) in [4.78, 5) is 14.2. The largest absolute Gasteiger partial charge is 0.342 e. The van der Waals surface area contributed by atoms with Gasteiger partial charge in [-0.3, -0.25) is 0 Å². The van der Waals surface area contributed by atoms with Gasteiger partial charge < -0.3 is 10.2 Å². The van der Waals surface area contributed by atoms with E-state index < -0.39 is 0 Å². The number of amides is 1. The van der Waals surface area contributed by atoms with Crippen molar-refractivity contribution in [2.24, 2.45) is 5.92 Å². The van der Waals surface area contributed by atoms with Gasteiger partial charge in [-0.15, -0.1) is 0 Å². The van der Waals surface area contributed by atoms with Crippen LogP contribution in [0.2, 0.25) is 0 Å². The van der Waals surface area contributed by atoms with E-state index in [-0.39, 0.29) is 6.03 Å². The van der Waals surface area contributed by atoms with Crippen LogP contribution < -0.4 is 5.32 Å². The van der Waals surface area contributed by atoms with Crippen molar-refractivity contribution < 1.29 is 4.79 Å². The molecular weight excluding hydrogens is 272 g/mol. The molecule has 0 saturated carbocycles. The summed E-state index contributed by atoms with van der Waals surface area (Å²) in [6, 6.07) is 0.161. The Hall–Kier alpha value is -0.880. The van der Waals surface area contributed by atoms with E-state index in [4.69, 9.17) is 0 Å². The van der Waals surface area contributed by atoms with Gasteiger partial charge in [0, 0.05) is 25.3 Å². The zero-order chi connectivity index (χ0) is 11.1. The van der Waals surface area contributed by atoms with Crippen LogP contribution >= 0.6 is 15.9 Å². The molecule has 2 unspecified atom stereocenters. The Labute approximate surface area is 102 Å². The Morgan fingerprint density at radius 3 is 3.00 bits per heavy atom. The minimum Gasteiger partial charge on any atom is -0.332 e. The maximum Gasteiger partial charge on any atom is 0.342 e. The predicted octanol–water partition coefficient (Wildman–Crippen LogP) is 0.907. The average Bonchev–Trinajstić information content (AvgIpc) is 2.92. The summed E-state index contributed by atoms with van der Waals surface area (Å²) in [5, 5.41) is 7.00. The smallest absolute Gasteiger partial charge is 0.332 e. The molecule has 1 amide bonds. The maximum atomic E-state index is 11.8. The highest BCUT2D eigenvalue weighted by atomic mass is 79.9. The lowest BCUT2D eigenvalue weighted by atomic mass is 10.0. The first-order valence-electron chi connectivity index (χ1n) is 5.46. The first kappa shape index (κ1) is 10.3. The number of hydrogen-bond acceptors (Lipinski definition) is 3. The van der Waals surface area contributed by atoms with E-state index in [1.54, 1.807) is 12.4 Å². The molecule has 2 aliphatic heterocycles. The number of nitrogens with zero attached hydrogens (tertiary/aromatic N) is 3. The quantitative estimate of drug-likeness (QED) is 0.834. The molecule has 0 aliphatic carbocycles. The standard InChI is InChI=1S/C10H13BrN4O/c11-8-3-12-15(5-8)10(16)13-9-6-14-2-1-7(9)4-14/h3,5,7,9H,1-2,4,6H2,(H,13,16)/t7-,9?/m0/s1. The van der Waals surface area contributed by atoms with Crippen LogP contribution in [0.1, 0.15) is 6.42 Å². The van der Waals surface area contributed by atoms with Crippen molar-refractivity contribution in [2.45, 2.75) is 12.5 Å². The minimum absolute atomic E-state index is 0.135. The highest BCUT2D eigenvalue weighted by molar-refractivity contribution is 9.10. The second-order valence-corrected chi connectivity index (χ2v) is 5.38. The average molecular weight is 285 g/mol. The molecule has 2 saturated heterocycles. The summed E-state index contributed by atoms with van der Waals surface area (Å²) in [5.41, 5.74) is 0. The van der Waals surface area contributed by atoms with Crippen LogP contribution in [0.25, 0.3) is 0 Å². The summed E-state index contributed by atoms with van der Waals surface area (Å²) < 4.78 is 2.16. The van der Waals surface area contributed by atoms with Crippen molar-refractivity contribution in [3.63, 3.8) is 0 Å². The first-order chi connectivity index (χ1) is 7.72. The molecule has 16 heavy (non-hydrogen) atoms. The van der Waals surface area contributed by atoms with Crippen molar-refractivity contribution in [1.82, 2.24) is 20.0 Å². The molecule has 6 heteroatoms. The molecule has 0 spiro atoms. The van der Waals surface area contributed by atoms with Crippen molar-refractivity contribution in [3.05, 3.63) is 16.9 Å². The minimum atomic E-state index is -0.135. The third-order valence-corrected chi connectivity index (χ3v) is 3.81. The number of rotatable bonds is 1. The van der Waals surface area contributed by atoms with Crippen molar-refractivity contribution in [3.8, 4) is 0 Å². The monoisotopic (exact) mass is 284 g/mol. The summed E-state index contributed by atoms with van der Waals surface area (Å²) in [5.74, 6) is 0.628.